The molecule has 1 unspecified atom stereocenters. The minimum atomic E-state index is -3.23. The molecule has 4 rings (SSSR count). The fourth-order valence-corrected chi connectivity index (χ4v) is 4.15. The van der Waals surface area contributed by atoms with Crippen LogP contribution in [0.3, 0.4) is 0 Å². The van der Waals surface area contributed by atoms with Crippen molar-refractivity contribution in [3.63, 3.8) is 0 Å². The Morgan fingerprint density at radius 3 is 2.15 bits per heavy atom. The van der Waals surface area contributed by atoms with E-state index in [1.165, 1.54) is 13.8 Å². The predicted octanol–water partition coefficient (Wildman–Crippen LogP) is 6.31. The molecule has 0 radical (unpaired) electrons. The average molecular weight is 576 g/mol. The molecule has 8 heteroatoms. The molecule has 1 heterocycles. The van der Waals surface area contributed by atoms with E-state index in [-0.39, 0.29) is 5.69 Å². The Hall–Kier alpha value is -4.27. The van der Waals surface area contributed by atoms with E-state index in [9.17, 15) is 19.8 Å². The highest BCUT2D eigenvalue weighted by Gasteiger charge is 2.31. The van der Waals surface area contributed by atoms with Crippen molar-refractivity contribution >= 4 is 17.6 Å². The van der Waals surface area contributed by atoms with Crippen LogP contribution < -0.4 is 5.32 Å². The number of aliphatic carboxylic acids is 1. The van der Waals surface area contributed by atoms with Gasteiger partial charge in [-0.15, -0.1) is 0 Å². The highest BCUT2D eigenvalue weighted by molar-refractivity contribution is 6.12. The number of anilines is 1. The Balaban J connectivity index is 2.32. The monoisotopic (exact) mass is 575 g/mol. The third-order valence-electron chi connectivity index (χ3n) is 5.65. The standard InChI is InChI=1S/C33H35FN2O5/c1-21(2)31-30(33(41)35-25-11-7-4-8-12-25)29(22-9-5-3-6-10-22)32(23-13-15-24(34)16-14-23)36(31)18-17-26(37)19-27(38)20-28(39)40/h3-16,21,26-27,37-38H,17-20H2,1-2H3,(H,35,41)(H,39,40)/t26-,27-/m0/s1/i3D,4D,5D,6D,7D,8D,9D,10D,11D,12D,13D,14D,15D,16D,17D,26D,27D/t17?,26-,27-. The number of aromatic nitrogens is 1. The van der Waals surface area contributed by atoms with E-state index >= 15 is 4.39 Å². The second kappa shape index (κ2) is 13.4. The number of nitrogens with zero attached hydrogens (tertiary/aromatic N) is 1. The van der Waals surface area contributed by atoms with E-state index < -0.39 is 180 Å². The van der Waals surface area contributed by atoms with E-state index in [0.29, 0.717) is 0 Å². The molecule has 0 aliphatic heterocycles. The van der Waals surface area contributed by atoms with Gasteiger partial charge in [-0.25, -0.2) is 4.39 Å². The molecule has 0 saturated carbocycles. The first-order chi connectivity index (χ1) is 26.5. The first-order valence-electron chi connectivity index (χ1n) is 20.7. The van der Waals surface area contributed by atoms with Crippen LogP contribution in [0.15, 0.2) is 84.6 Å². The molecular formula is C33H35FN2O5. The molecule has 4 aromatic rings. The number of carboxylic acid groups (broad SMARTS) is 1. The number of para-hydroxylation sites is 1. The molecule has 0 aliphatic rings. The van der Waals surface area contributed by atoms with Crippen molar-refractivity contribution in [3.05, 3.63) is 102 Å². The zero-order valence-electron chi connectivity index (χ0n) is 38.8. The van der Waals surface area contributed by atoms with Gasteiger partial charge in [0.05, 0.1) is 51.8 Å². The summed E-state index contributed by atoms with van der Waals surface area (Å²) in [6, 6.07) is -14.2. The molecule has 214 valence electrons. The van der Waals surface area contributed by atoms with Gasteiger partial charge in [0.2, 0.25) is 0 Å². The van der Waals surface area contributed by atoms with Crippen LogP contribution in [-0.2, 0) is 11.3 Å². The summed E-state index contributed by atoms with van der Waals surface area (Å²) >= 11 is 0. The van der Waals surface area contributed by atoms with Gasteiger partial charge in [-0.3, -0.25) is 9.59 Å². The van der Waals surface area contributed by atoms with Crippen molar-refractivity contribution in [1.82, 2.24) is 4.57 Å². The van der Waals surface area contributed by atoms with Gasteiger partial charge in [-0.1, -0.05) is 62.2 Å². The van der Waals surface area contributed by atoms with Crippen LogP contribution in [-0.4, -0.2) is 43.9 Å². The lowest BCUT2D eigenvalue weighted by molar-refractivity contribution is -0.139. The number of carbonyl (C=O) groups is 2. The van der Waals surface area contributed by atoms with Crippen LogP contribution in [0.5, 0.6) is 0 Å². The molecule has 0 spiro atoms. The predicted molar refractivity (Wildman–Crippen MR) is 157 cm³/mol. The van der Waals surface area contributed by atoms with Crippen molar-refractivity contribution in [1.29, 1.82) is 0 Å². The number of amides is 1. The van der Waals surface area contributed by atoms with Crippen LogP contribution in [0, 0.1) is 5.82 Å². The van der Waals surface area contributed by atoms with Gasteiger partial charge < -0.3 is 25.2 Å². The quantitative estimate of drug-likeness (QED) is 0.158. The molecule has 0 bridgehead atoms. The summed E-state index contributed by atoms with van der Waals surface area (Å²) in [5.74, 6) is -5.80. The smallest absolute Gasteiger partial charge is 0.305 e. The van der Waals surface area contributed by atoms with Crippen LogP contribution >= 0.6 is 0 Å². The van der Waals surface area contributed by atoms with Gasteiger partial charge in [0.15, 0.2) is 0 Å². The van der Waals surface area contributed by atoms with E-state index in [1.54, 1.807) is 0 Å². The lowest BCUT2D eigenvalue weighted by Crippen LogP contribution is -2.22. The number of carboxylic acids is 1. The number of rotatable bonds is 12. The first kappa shape index (κ1) is 14.6. The maximum Gasteiger partial charge on any atom is 0.305 e. The van der Waals surface area contributed by atoms with Gasteiger partial charge in [0.25, 0.3) is 5.91 Å². The van der Waals surface area contributed by atoms with E-state index in [0.717, 1.165) is 4.57 Å². The Morgan fingerprint density at radius 2 is 1.56 bits per heavy atom. The molecule has 0 fully saturated rings. The number of hydrogen-bond donors (Lipinski definition) is 4. The Bertz CT molecular complexity index is 2300. The summed E-state index contributed by atoms with van der Waals surface area (Å²) < 4.78 is 159. The third kappa shape index (κ3) is 7.28. The first-order valence-corrected chi connectivity index (χ1v) is 12.1. The number of benzene rings is 3. The van der Waals surface area contributed by atoms with Gasteiger partial charge in [0.1, 0.15) is 5.82 Å². The SMILES string of the molecule is [2H]c1c([2H])c([2H])c(NC(=O)c2c(-c3c([2H])c([2H])c([2H])c([2H])c3[2H])c(-c3c([2H])c([2H])c(F)c([2H])c3[2H])n(CC([2H])[C@]([2H])(O)C[C@]([2H])(O)CC(=O)O)c2C(C)C)c([2H])c1[2H]. The largest absolute Gasteiger partial charge is 0.481 e. The maximum absolute atomic E-state index is 15.1. The van der Waals surface area contributed by atoms with Crippen LogP contribution in [0.4, 0.5) is 10.1 Å². The summed E-state index contributed by atoms with van der Waals surface area (Å²) in [5, 5.41) is 32.9. The fourth-order valence-electron chi connectivity index (χ4n) is 4.15. The third-order valence-corrected chi connectivity index (χ3v) is 5.65. The highest BCUT2D eigenvalue weighted by Crippen LogP contribution is 2.42. The number of nitrogens with one attached hydrogen (secondary N) is 1. The average Bonchev–Trinajstić information content (AvgIpc) is 3.44. The fraction of sp³-hybridized carbons (Fsp3) is 0.273. The molecular weight excluding hydrogens is 523 g/mol. The van der Waals surface area contributed by atoms with Crippen LogP contribution in [0.25, 0.3) is 22.4 Å². The molecule has 1 aromatic heterocycles. The topological polar surface area (TPSA) is 112 Å². The minimum Gasteiger partial charge on any atom is -0.481 e. The van der Waals surface area contributed by atoms with Crippen molar-refractivity contribution < 1.29 is 52.6 Å². The van der Waals surface area contributed by atoms with Gasteiger partial charge in [-0.05, 0) is 66.1 Å². The van der Waals surface area contributed by atoms with E-state index in [2.05, 4.69) is 5.32 Å². The summed E-state index contributed by atoms with van der Waals surface area (Å²) in [5.41, 5.74) is -5.16. The summed E-state index contributed by atoms with van der Waals surface area (Å²) in [7, 11) is 0. The second-order valence-electron chi connectivity index (χ2n) is 8.90. The molecule has 0 aliphatic carbocycles. The van der Waals surface area contributed by atoms with Crippen molar-refractivity contribution in [2.75, 3.05) is 5.32 Å². The Kier molecular flexibility index (Phi) is 4.76. The van der Waals surface area contributed by atoms with Crippen LogP contribution in [0.1, 0.15) is 78.4 Å². The summed E-state index contributed by atoms with van der Waals surface area (Å²) in [6.45, 7) is 1.73. The maximum atomic E-state index is 15.1. The van der Waals surface area contributed by atoms with Crippen LogP contribution in [0.2, 0.25) is 0 Å². The number of carbonyl (C=O) groups excluding carboxylic acids is 1. The molecule has 0 saturated heterocycles. The van der Waals surface area contributed by atoms with Gasteiger partial charge in [0, 0.05) is 24.9 Å². The van der Waals surface area contributed by atoms with Gasteiger partial charge >= 0.3 is 5.97 Å². The Morgan fingerprint density at radius 1 is 0.951 bits per heavy atom. The number of halogens is 1. The lowest BCUT2D eigenvalue weighted by Gasteiger charge is -2.20. The minimum absolute atomic E-state index is 0.359. The number of hydrogen-bond acceptors (Lipinski definition) is 4. The molecule has 3 atom stereocenters. The molecule has 7 nitrogen and oxygen atoms in total. The zero-order chi connectivity index (χ0) is 44.4. The number of aliphatic hydroxyl groups is 2. The molecule has 1 amide bonds. The second-order valence-corrected chi connectivity index (χ2v) is 8.90. The zero-order valence-corrected chi connectivity index (χ0v) is 21.8. The Labute approximate surface area is 262 Å². The van der Waals surface area contributed by atoms with Crippen molar-refractivity contribution in [2.24, 2.45) is 0 Å². The van der Waals surface area contributed by atoms with Crippen molar-refractivity contribution in [2.45, 2.75) is 57.7 Å². The van der Waals surface area contributed by atoms with Crippen molar-refractivity contribution in [3.8, 4) is 22.4 Å². The van der Waals surface area contributed by atoms with E-state index in [1.807, 2.05) is 0 Å². The van der Waals surface area contributed by atoms with E-state index in [4.69, 9.17) is 28.4 Å². The molecule has 3 aromatic carbocycles. The molecule has 41 heavy (non-hydrogen) atoms. The van der Waals surface area contributed by atoms with Gasteiger partial charge in [-0.2, -0.15) is 0 Å². The normalized spacial score (nSPS) is 20.9. The summed E-state index contributed by atoms with van der Waals surface area (Å²) in [6.07, 6.45) is -11.3. The summed E-state index contributed by atoms with van der Waals surface area (Å²) in [4.78, 5) is 26.0. The lowest BCUT2D eigenvalue weighted by atomic mass is 9.94. The molecule has 4 N–H and O–H groups in total. The highest BCUT2D eigenvalue weighted by atomic mass is 19.1.